The number of rotatable bonds is 5. The largest absolute Gasteiger partial charge is 0.417 e. The van der Waals surface area contributed by atoms with Gasteiger partial charge in [0.15, 0.2) is 0 Å². The summed E-state index contributed by atoms with van der Waals surface area (Å²) in [7, 11) is 0. The number of likely N-dealkylation sites (tertiary alicyclic amines) is 1. The van der Waals surface area contributed by atoms with Crippen LogP contribution in [0.2, 0.25) is 5.02 Å². The van der Waals surface area contributed by atoms with Crippen molar-refractivity contribution in [3.63, 3.8) is 0 Å². The fraction of sp³-hybridized carbons (Fsp3) is 0.652. The number of alkyl halides is 3. The first kappa shape index (κ1) is 24.3. The Hall–Kier alpha value is -1.84. The summed E-state index contributed by atoms with van der Waals surface area (Å²) in [6.07, 6.45) is -0.799. The molecule has 1 N–H and O–H groups in total. The lowest BCUT2D eigenvalue weighted by Gasteiger charge is -2.40. The van der Waals surface area contributed by atoms with Crippen LogP contribution in [-0.2, 0) is 15.8 Å². The monoisotopic (exact) mass is 487 g/mol. The summed E-state index contributed by atoms with van der Waals surface area (Å²) in [6, 6.07) is 2.73. The molecule has 4 rings (SSSR count). The zero-order chi connectivity index (χ0) is 24.0. The van der Waals surface area contributed by atoms with Gasteiger partial charge in [-0.1, -0.05) is 11.6 Å². The summed E-state index contributed by atoms with van der Waals surface area (Å²) in [5.74, 6) is -0.612. The Morgan fingerprint density at radius 1 is 1.21 bits per heavy atom. The van der Waals surface area contributed by atoms with Crippen molar-refractivity contribution in [2.45, 2.75) is 57.3 Å². The second kappa shape index (κ2) is 9.07. The molecule has 33 heavy (non-hydrogen) atoms. The molecule has 1 spiro atoms. The lowest BCUT2D eigenvalue weighted by Crippen LogP contribution is -2.57. The first-order valence-corrected chi connectivity index (χ1v) is 11.8. The molecule has 1 saturated carbocycles. The van der Waals surface area contributed by atoms with E-state index in [-0.39, 0.29) is 36.3 Å². The number of nitrogens with zero attached hydrogens (tertiary/aromatic N) is 3. The number of hydrogen-bond donors (Lipinski definition) is 1. The normalized spacial score (nSPS) is 25.6. The molecule has 2 aliphatic heterocycles. The van der Waals surface area contributed by atoms with Crippen molar-refractivity contribution in [2.75, 3.05) is 37.6 Å². The maximum Gasteiger partial charge on any atom is 0.417 e. The van der Waals surface area contributed by atoms with Gasteiger partial charge in [0.25, 0.3) is 5.91 Å². The summed E-state index contributed by atoms with van der Waals surface area (Å²) in [5, 5.41) is 9.88. The number of carbonyl (C=O) groups excluding carboxylic acids is 2. The van der Waals surface area contributed by atoms with Crippen LogP contribution in [0.5, 0.6) is 0 Å². The number of amides is 2. The van der Waals surface area contributed by atoms with Gasteiger partial charge in [0, 0.05) is 31.7 Å². The summed E-state index contributed by atoms with van der Waals surface area (Å²) in [5.41, 5.74) is -0.362. The molecule has 1 aliphatic carbocycles. The molecule has 2 heterocycles. The molecule has 0 unspecified atom stereocenters. The van der Waals surface area contributed by atoms with Gasteiger partial charge in [-0.05, 0) is 69.3 Å². The molecule has 0 bridgehead atoms. The molecule has 2 saturated heterocycles. The van der Waals surface area contributed by atoms with Crippen LogP contribution >= 0.6 is 11.6 Å². The molecule has 1 aromatic carbocycles. The van der Waals surface area contributed by atoms with Crippen molar-refractivity contribution < 1.29 is 27.9 Å². The number of aliphatic hydroxyl groups excluding tert-OH is 1. The van der Waals surface area contributed by atoms with Crippen LogP contribution in [0.1, 0.15) is 44.6 Å². The molecule has 6 nitrogen and oxygen atoms in total. The SMILES string of the molecule is C[C@@H]1C(=O)N(C(=O)CCCN2CCC3(CC3)[C@H](O)C2)CCN1c1ccc(C(F)(F)F)c(Cl)c1. The smallest absolute Gasteiger partial charge is 0.391 e. The second-order valence-electron chi connectivity index (χ2n) is 9.45. The molecule has 3 aliphatic rings. The zero-order valence-corrected chi connectivity index (χ0v) is 19.3. The van der Waals surface area contributed by atoms with Gasteiger partial charge in [0.1, 0.15) is 6.04 Å². The van der Waals surface area contributed by atoms with Gasteiger partial charge >= 0.3 is 6.18 Å². The van der Waals surface area contributed by atoms with Crippen LogP contribution in [0.15, 0.2) is 18.2 Å². The number of β-amino-alcohol motifs (C(OH)–C–C–N with tert-alkyl or cyclic N) is 1. The number of piperazine rings is 1. The van der Waals surface area contributed by atoms with E-state index in [0.717, 1.165) is 31.9 Å². The third-order valence-corrected chi connectivity index (χ3v) is 7.68. The topological polar surface area (TPSA) is 64.1 Å². The third kappa shape index (κ3) is 5.00. The predicted octanol–water partition coefficient (Wildman–Crippen LogP) is 3.55. The molecule has 1 aromatic rings. The number of piperidine rings is 1. The van der Waals surface area contributed by atoms with E-state index in [2.05, 4.69) is 4.90 Å². The number of benzene rings is 1. The quantitative estimate of drug-likeness (QED) is 0.688. The van der Waals surface area contributed by atoms with Crippen LogP contribution in [0.4, 0.5) is 18.9 Å². The average molecular weight is 488 g/mol. The van der Waals surface area contributed by atoms with Crippen LogP contribution < -0.4 is 4.90 Å². The Balaban J connectivity index is 1.29. The molecular formula is C23H29ClF3N3O3. The minimum absolute atomic E-state index is 0.145. The maximum atomic E-state index is 13.0. The Morgan fingerprint density at radius 2 is 1.94 bits per heavy atom. The first-order chi connectivity index (χ1) is 15.5. The number of hydrogen-bond acceptors (Lipinski definition) is 5. The molecule has 10 heteroatoms. The van der Waals surface area contributed by atoms with Crippen molar-refractivity contribution in [3.8, 4) is 0 Å². The van der Waals surface area contributed by atoms with Crippen LogP contribution in [0.3, 0.4) is 0 Å². The van der Waals surface area contributed by atoms with E-state index in [1.54, 1.807) is 11.8 Å². The number of halogens is 4. The lowest BCUT2D eigenvalue weighted by atomic mass is 9.90. The van der Waals surface area contributed by atoms with Crippen molar-refractivity contribution in [1.29, 1.82) is 0 Å². The van der Waals surface area contributed by atoms with E-state index in [1.165, 1.54) is 17.0 Å². The van der Waals surface area contributed by atoms with Gasteiger partial charge in [0.2, 0.25) is 5.91 Å². The molecule has 0 radical (unpaired) electrons. The minimum Gasteiger partial charge on any atom is -0.391 e. The summed E-state index contributed by atoms with van der Waals surface area (Å²) in [6.45, 7) is 4.39. The van der Waals surface area contributed by atoms with E-state index in [9.17, 15) is 27.9 Å². The van der Waals surface area contributed by atoms with Gasteiger partial charge in [-0.2, -0.15) is 13.2 Å². The number of aliphatic hydroxyl groups is 1. The van der Waals surface area contributed by atoms with Gasteiger partial charge in [-0.15, -0.1) is 0 Å². The van der Waals surface area contributed by atoms with Crippen LogP contribution in [0, 0.1) is 5.41 Å². The highest BCUT2D eigenvalue weighted by molar-refractivity contribution is 6.31. The molecule has 3 fully saturated rings. The highest BCUT2D eigenvalue weighted by Crippen LogP contribution is 2.53. The molecular weight excluding hydrogens is 459 g/mol. The number of imide groups is 1. The van der Waals surface area contributed by atoms with Gasteiger partial charge in [0.05, 0.1) is 16.7 Å². The summed E-state index contributed by atoms with van der Waals surface area (Å²) < 4.78 is 38.9. The average Bonchev–Trinajstić information content (AvgIpc) is 3.52. The third-order valence-electron chi connectivity index (χ3n) is 7.37. The fourth-order valence-corrected chi connectivity index (χ4v) is 5.28. The Bertz CT molecular complexity index is 922. The lowest BCUT2D eigenvalue weighted by molar-refractivity contribution is -0.147. The minimum atomic E-state index is -4.55. The Kier molecular flexibility index (Phi) is 6.68. The van der Waals surface area contributed by atoms with Crippen molar-refractivity contribution >= 4 is 29.1 Å². The van der Waals surface area contributed by atoms with Crippen LogP contribution in [0.25, 0.3) is 0 Å². The Morgan fingerprint density at radius 3 is 2.55 bits per heavy atom. The maximum absolute atomic E-state index is 13.0. The second-order valence-corrected chi connectivity index (χ2v) is 9.85. The first-order valence-electron chi connectivity index (χ1n) is 11.4. The highest BCUT2D eigenvalue weighted by Gasteiger charge is 2.51. The summed E-state index contributed by atoms with van der Waals surface area (Å²) in [4.78, 5) is 30.6. The van der Waals surface area contributed by atoms with Gasteiger partial charge < -0.3 is 14.9 Å². The number of carbonyl (C=O) groups is 2. The Labute approximate surface area is 196 Å². The van der Waals surface area contributed by atoms with E-state index >= 15 is 0 Å². The molecule has 182 valence electrons. The van der Waals surface area contributed by atoms with Crippen LogP contribution in [-0.4, -0.2) is 71.6 Å². The predicted molar refractivity (Wildman–Crippen MR) is 118 cm³/mol. The van der Waals surface area contributed by atoms with Gasteiger partial charge in [-0.25, -0.2) is 0 Å². The van der Waals surface area contributed by atoms with Crippen molar-refractivity contribution in [1.82, 2.24) is 9.80 Å². The number of anilines is 1. The van der Waals surface area contributed by atoms with Crippen molar-refractivity contribution in [2.24, 2.45) is 5.41 Å². The molecule has 0 aromatic heterocycles. The molecule has 2 amide bonds. The highest BCUT2D eigenvalue weighted by atomic mass is 35.5. The van der Waals surface area contributed by atoms with E-state index < -0.39 is 22.8 Å². The standard InChI is InChI=1S/C23H29ClF3N3O3/c1-15-21(33)30(12-11-29(15)16-4-5-17(18(24)13-16)23(25,26)27)20(32)3-2-9-28-10-8-22(6-7-22)19(31)14-28/h4-5,13,15,19,31H,2-3,6-12,14H2,1H3/t15-,19-/m1/s1. The van der Waals surface area contributed by atoms with E-state index in [1.807, 2.05) is 0 Å². The van der Waals surface area contributed by atoms with Gasteiger partial charge in [-0.3, -0.25) is 14.5 Å². The zero-order valence-electron chi connectivity index (χ0n) is 18.6. The van der Waals surface area contributed by atoms with Crippen molar-refractivity contribution in [3.05, 3.63) is 28.8 Å². The summed E-state index contributed by atoms with van der Waals surface area (Å²) >= 11 is 5.83. The van der Waals surface area contributed by atoms with E-state index in [4.69, 9.17) is 11.6 Å². The molecule has 2 atom stereocenters. The van der Waals surface area contributed by atoms with E-state index in [0.29, 0.717) is 31.7 Å². The fourth-order valence-electron chi connectivity index (χ4n) is 5.00.